The number of rotatable bonds is 14. The number of hydrogen-bond acceptors (Lipinski definition) is 9. The Morgan fingerprint density at radius 1 is 1.07 bits per heavy atom. The number of carbonyl (C=O) groups excluding carboxylic acids is 2. The summed E-state index contributed by atoms with van der Waals surface area (Å²) in [6, 6.07) is 0. The molecule has 5 N–H and O–H groups in total. The predicted octanol–water partition coefficient (Wildman–Crippen LogP) is 1.22. The third-order valence-electron chi connectivity index (χ3n) is 3.66. The number of hydrogen-bond donors (Lipinski definition) is 5. The topological polar surface area (TPSA) is 144 Å². The van der Waals surface area contributed by atoms with Gasteiger partial charge in [0.2, 0.25) is 30.2 Å². The van der Waals surface area contributed by atoms with E-state index < -0.39 is 5.92 Å². The lowest BCUT2D eigenvalue weighted by atomic mass is 10.0. The van der Waals surface area contributed by atoms with E-state index in [1.165, 1.54) is 0 Å². The lowest BCUT2D eigenvalue weighted by Gasteiger charge is -2.19. The number of hydroxylamine groups is 2. The average molecular weight is 382 g/mol. The molecule has 0 unspecified atom stereocenters. The highest BCUT2D eigenvalue weighted by atomic mass is 16.5. The van der Waals surface area contributed by atoms with Gasteiger partial charge in [-0.1, -0.05) is 26.2 Å². The van der Waals surface area contributed by atoms with Crippen LogP contribution in [0.25, 0.3) is 0 Å². The molecule has 27 heavy (non-hydrogen) atoms. The first kappa shape index (κ1) is 22.4. The van der Waals surface area contributed by atoms with E-state index in [0.29, 0.717) is 36.5 Å². The van der Waals surface area contributed by atoms with E-state index in [1.54, 1.807) is 0 Å². The van der Waals surface area contributed by atoms with Gasteiger partial charge in [-0.05, 0) is 20.3 Å². The van der Waals surface area contributed by atoms with E-state index in [4.69, 9.17) is 0 Å². The molecule has 0 radical (unpaired) electrons. The van der Waals surface area contributed by atoms with Crippen LogP contribution in [0.15, 0.2) is 0 Å². The van der Waals surface area contributed by atoms with Crippen molar-refractivity contribution in [2.24, 2.45) is 5.92 Å². The van der Waals surface area contributed by atoms with Crippen LogP contribution in [-0.2, 0) is 9.59 Å². The van der Waals surface area contributed by atoms with Crippen molar-refractivity contribution in [3.05, 3.63) is 0 Å². The van der Waals surface area contributed by atoms with Gasteiger partial charge in [-0.3, -0.25) is 25.6 Å². The maximum atomic E-state index is 12.5. The minimum atomic E-state index is -0.553. The van der Waals surface area contributed by atoms with E-state index >= 15 is 0 Å². The first-order valence-corrected chi connectivity index (χ1v) is 9.24. The standard InChI is InChI=1S/C16H30N8O3/c1-4-7-8-9-12(10-24(27)11-25)13(26)22-23-16-20-14(17-5-2)19-15(21-16)18-6-3/h11-12,27H,4-10H2,1-3H3,(H,22,26)(H3,17,18,19,20,21,23)/t12-/m1/s1. The molecule has 1 heterocycles. The lowest BCUT2D eigenvalue weighted by molar-refractivity contribution is -0.154. The van der Waals surface area contributed by atoms with Crippen molar-refractivity contribution in [2.75, 3.05) is 35.7 Å². The number of hydrazine groups is 1. The molecule has 11 nitrogen and oxygen atoms in total. The molecule has 0 fully saturated rings. The van der Waals surface area contributed by atoms with Gasteiger partial charge >= 0.3 is 0 Å². The average Bonchev–Trinajstić information content (AvgIpc) is 2.65. The Morgan fingerprint density at radius 3 is 2.19 bits per heavy atom. The molecule has 0 saturated carbocycles. The van der Waals surface area contributed by atoms with Crippen molar-refractivity contribution in [1.82, 2.24) is 25.4 Å². The fourth-order valence-corrected chi connectivity index (χ4v) is 2.34. The smallest absolute Gasteiger partial charge is 0.248 e. The molecule has 0 aliphatic carbocycles. The van der Waals surface area contributed by atoms with Crippen molar-refractivity contribution in [3.8, 4) is 0 Å². The van der Waals surface area contributed by atoms with Crippen molar-refractivity contribution in [2.45, 2.75) is 46.5 Å². The number of unbranched alkanes of at least 4 members (excludes halogenated alkanes) is 2. The Morgan fingerprint density at radius 2 is 1.67 bits per heavy atom. The molecule has 0 aliphatic heterocycles. The molecule has 1 aromatic heterocycles. The summed E-state index contributed by atoms with van der Waals surface area (Å²) in [6.45, 7) is 7.09. The third kappa shape index (κ3) is 8.49. The molecule has 1 aromatic rings. The SMILES string of the molecule is CCCCC[C@H](CN(O)C=O)C(=O)NNc1nc(NCC)nc(NCC)n1. The molecule has 11 heteroatoms. The molecule has 0 aromatic carbocycles. The summed E-state index contributed by atoms with van der Waals surface area (Å²) in [7, 11) is 0. The second kappa shape index (κ2) is 12.6. The zero-order chi connectivity index (χ0) is 20.1. The van der Waals surface area contributed by atoms with E-state index in [2.05, 4.69) is 43.4 Å². The highest BCUT2D eigenvalue weighted by Gasteiger charge is 2.21. The fraction of sp³-hybridized carbons (Fsp3) is 0.688. The summed E-state index contributed by atoms with van der Waals surface area (Å²) in [4.78, 5) is 35.7. The largest absolute Gasteiger partial charge is 0.354 e. The van der Waals surface area contributed by atoms with Crippen LogP contribution in [0.1, 0.15) is 46.5 Å². The Hall–Kier alpha value is -2.69. The molecule has 2 amide bonds. The molecule has 0 bridgehead atoms. The Labute approximate surface area is 159 Å². The van der Waals surface area contributed by atoms with Gasteiger partial charge in [0.25, 0.3) is 0 Å². The van der Waals surface area contributed by atoms with E-state index in [9.17, 15) is 14.8 Å². The van der Waals surface area contributed by atoms with Crippen molar-refractivity contribution >= 4 is 30.2 Å². The van der Waals surface area contributed by atoms with Crippen LogP contribution in [0.4, 0.5) is 17.8 Å². The van der Waals surface area contributed by atoms with Gasteiger partial charge < -0.3 is 10.6 Å². The van der Waals surface area contributed by atoms with Crippen LogP contribution in [-0.4, -0.2) is 57.2 Å². The normalized spacial score (nSPS) is 11.4. The number of carbonyl (C=O) groups is 2. The zero-order valence-corrected chi connectivity index (χ0v) is 16.2. The summed E-state index contributed by atoms with van der Waals surface area (Å²) >= 11 is 0. The van der Waals surface area contributed by atoms with Gasteiger partial charge in [0.1, 0.15) is 0 Å². The summed E-state index contributed by atoms with van der Waals surface area (Å²) < 4.78 is 0. The highest BCUT2D eigenvalue weighted by molar-refractivity contribution is 5.80. The number of aromatic nitrogens is 3. The van der Waals surface area contributed by atoms with Crippen LogP contribution in [0.2, 0.25) is 0 Å². The number of anilines is 3. The van der Waals surface area contributed by atoms with E-state index in [1.807, 2.05) is 13.8 Å². The summed E-state index contributed by atoms with van der Waals surface area (Å²) in [6.07, 6.45) is 3.63. The highest BCUT2D eigenvalue weighted by Crippen LogP contribution is 2.12. The molecule has 152 valence electrons. The summed E-state index contributed by atoms with van der Waals surface area (Å²) in [5, 5.41) is 15.9. The Kier molecular flexibility index (Phi) is 10.5. The van der Waals surface area contributed by atoms with Crippen molar-refractivity contribution in [1.29, 1.82) is 0 Å². The minimum Gasteiger partial charge on any atom is -0.354 e. The number of amides is 2. The van der Waals surface area contributed by atoms with Crippen LogP contribution in [0, 0.1) is 5.92 Å². The van der Waals surface area contributed by atoms with Crippen LogP contribution in [0.3, 0.4) is 0 Å². The third-order valence-corrected chi connectivity index (χ3v) is 3.66. The molecule has 0 aliphatic rings. The number of nitrogens with zero attached hydrogens (tertiary/aromatic N) is 4. The molecule has 0 saturated heterocycles. The molecule has 0 spiro atoms. The molecular formula is C16H30N8O3. The van der Waals surface area contributed by atoms with Crippen LogP contribution >= 0.6 is 0 Å². The van der Waals surface area contributed by atoms with E-state index in [0.717, 1.165) is 19.3 Å². The van der Waals surface area contributed by atoms with Gasteiger partial charge in [0.15, 0.2) is 0 Å². The van der Waals surface area contributed by atoms with Gasteiger partial charge in [-0.25, -0.2) is 5.06 Å². The van der Waals surface area contributed by atoms with E-state index in [-0.39, 0.29) is 24.8 Å². The monoisotopic (exact) mass is 382 g/mol. The Balaban J connectivity index is 2.75. The second-order valence-corrected chi connectivity index (χ2v) is 5.90. The number of nitrogens with one attached hydrogen (secondary N) is 4. The minimum absolute atomic E-state index is 0.0801. The first-order chi connectivity index (χ1) is 13.0. The quantitative estimate of drug-likeness (QED) is 0.139. The van der Waals surface area contributed by atoms with Gasteiger partial charge in [-0.15, -0.1) is 0 Å². The fourth-order valence-electron chi connectivity index (χ4n) is 2.34. The first-order valence-electron chi connectivity index (χ1n) is 9.24. The summed E-state index contributed by atoms with van der Waals surface area (Å²) in [5.74, 6) is 0.0168. The zero-order valence-electron chi connectivity index (χ0n) is 16.2. The van der Waals surface area contributed by atoms with Crippen molar-refractivity contribution < 1.29 is 14.8 Å². The van der Waals surface area contributed by atoms with Crippen molar-refractivity contribution in [3.63, 3.8) is 0 Å². The lowest BCUT2D eigenvalue weighted by Crippen LogP contribution is -2.40. The van der Waals surface area contributed by atoms with Gasteiger partial charge in [-0.2, -0.15) is 15.0 Å². The maximum Gasteiger partial charge on any atom is 0.248 e. The second-order valence-electron chi connectivity index (χ2n) is 5.90. The van der Waals surface area contributed by atoms with Crippen LogP contribution < -0.4 is 21.5 Å². The maximum absolute atomic E-state index is 12.5. The molecule has 1 atom stereocenters. The predicted molar refractivity (Wildman–Crippen MR) is 102 cm³/mol. The Bertz CT molecular complexity index is 563. The van der Waals surface area contributed by atoms with Crippen LogP contribution in [0.5, 0.6) is 0 Å². The van der Waals surface area contributed by atoms with Gasteiger partial charge in [0.05, 0.1) is 12.5 Å². The molecular weight excluding hydrogens is 352 g/mol. The molecule has 1 rings (SSSR count). The van der Waals surface area contributed by atoms with Gasteiger partial charge in [0, 0.05) is 13.1 Å². The summed E-state index contributed by atoms with van der Waals surface area (Å²) in [5.41, 5.74) is 5.22.